The predicted octanol–water partition coefficient (Wildman–Crippen LogP) is 6.14. The Morgan fingerprint density at radius 1 is 0.750 bits per heavy atom. The molecular weight excluding hydrogens is 340 g/mol. The van der Waals surface area contributed by atoms with Crippen LogP contribution in [-0.2, 0) is 13.0 Å². The highest BCUT2D eigenvalue weighted by atomic mass is 15.1. The minimum absolute atomic E-state index is 0.821. The van der Waals surface area contributed by atoms with E-state index in [0.29, 0.717) is 0 Å². The number of aromatic nitrogens is 2. The van der Waals surface area contributed by atoms with Gasteiger partial charge in [-0.3, -0.25) is 0 Å². The van der Waals surface area contributed by atoms with Crippen LogP contribution < -0.4 is 0 Å². The van der Waals surface area contributed by atoms with Gasteiger partial charge >= 0.3 is 0 Å². The normalized spacial score (nSPS) is 11.3. The van der Waals surface area contributed by atoms with Crippen LogP contribution in [0.3, 0.4) is 0 Å². The highest BCUT2D eigenvalue weighted by Crippen LogP contribution is 2.24. The zero-order valence-corrected chi connectivity index (χ0v) is 16.0. The third-order valence-electron chi connectivity index (χ3n) is 5.42. The van der Waals surface area contributed by atoms with E-state index in [0.717, 1.165) is 24.3 Å². The largest absolute Gasteiger partial charge is 0.323 e. The minimum atomic E-state index is 0.821. The number of rotatable bonds is 4. The minimum Gasteiger partial charge on any atom is -0.323 e. The lowest BCUT2D eigenvalue weighted by Gasteiger charge is -2.11. The van der Waals surface area contributed by atoms with Crippen molar-refractivity contribution < 1.29 is 0 Å². The summed E-state index contributed by atoms with van der Waals surface area (Å²) in [5, 5.41) is 2.58. The van der Waals surface area contributed by atoms with Crippen molar-refractivity contribution in [1.29, 1.82) is 0 Å². The van der Waals surface area contributed by atoms with Crippen molar-refractivity contribution >= 4 is 21.8 Å². The van der Waals surface area contributed by atoms with E-state index in [1.165, 1.54) is 33.0 Å². The van der Waals surface area contributed by atoms with Gasteiger partial charge in [-0.15, -0.1) is 0 Å². The lowest BCUT2D eigenvalue weighted by atomic mass is 10.0. The van der Waals surface area contributed by atoms with Crippen LogP contribution in [0, 0.1) is 6.92 Å². The Balaban J connectivity index is 1.61. The van der Waals surface area contributed by atoms with E-state index in [-0.39, 0.29) is 0 Å². The van der Waals surface area contributed by atoms with Gasteiger partial charge in [0.05, 0.1) is 11.0 Å². The van der Waals surface area contributed by atoms with Crippen molar-refractivity contribution in [2.45, 2.75) is 19.9 Å². The second-order valence-electron chi connectivity index (χ2n) is 7.40. The van der Waals surface area contributed by atoms with E-state index in [2.05, 4.69) is 102 Å². The van der Waals surface area contributed by atoms with E-state index in [4.69, 9.17) is 4.98 Å². The van der Waals surface area contributed by atoms with Crippen molar-refractivity contribution in [2.75, 3.05) is 0 Å². The molecule has 0 aliphatic heterocycles. The van der Waals surface area contributed by atoms with Crippen LogP contribution in [-0.4, -0.2) is 9.55 Å². The van der Waals surface area contributed by atoms with E-state index in [9.17, 15) is 0 Å². The van der Waals surface area contributed by atoms with Crippen LogP contribution in [0.15, 0.2) is 91.0 Å². The fourth-order valence-corrected chi connectivity index (χ4v) is 3.93. The molecule has 4 aromatic carbocycles. The van der Waals surface area contributed by atoms with E-state index in [1.54, 1.807) is 0 Å². The Morgan fingerprint density at radius 3 is 2.39 bits per heavy atom. The predicted molar refractivity (Wildman–Crippen MR) is 117 cm³/mol. The molecule has 0 saturated heterocycles. The summed E-state index contributed by atoms with van der Waals surface area (Å²) in [4.78, 5) is 4.99. The van der Waals surface area contributed by atoms with E-state index in [1.807, 2.05) is 0 Å². The molecule has 0 atom stereocenters. The Hall–Kier alpha value is -3.39. The molecule has 0 unspecified atom stereocenters. The van der Waals surface area contributed by atoms with Gasteiger partial charge in [-0.2, -0.15) is 0 Å². The van der Waals surface area contributed by atoms with Crippen molar-refractivity contribution in [3.05, 3.63) is 114 Å². The number of para-hydroxylation sites is 2. The number of hydrogen-bond donors (Lipinski definition) is 0. The third kappa shape index (κ3) is 3.07. The van der Waals surface area contributed by atoms with Gasteiger partial charge < -0.3 is 4.57 Å². The summed E-state index contributed by atoms with van der Waals surface area (Å²) in [7, 11) is 0. The van der Waals surface area contributed by atoms with Crippen molar-refractivity contribution in [2.24, 2.45) is 0 Å². The second kappa shape index (κ2) is 6.97. The molecule has 0 fully saturated rings. The zero-order chi connectivity index (χ0) is 18.9. The van der Waals surface area contributed by atoms with Gasteiger partial charge in [-0.1, -0.05) is 84.4 Å². The summed E-state index contributed by atoms with van der Waals surface area (Å²) in [5.41, 5.74) is 6.16. The SMILES string of the molecule is Cc1ccc(Cn2c(Cc3cccc4ccccc34)nc3ccccc32)cc1. The fourth-order valence-electron chi connectivity index (χ4n) is 3.93. The van der Waals surface area contributed by atoms with Gasteiger partial charge in [-0.25, -0.2) is 4.98 Å². The molecule has 136 valence electrons. The highest BCUT2D eigenvalue weighted by molar-refractivity contribution is 5.86. The smallest absolute Gasteiger partial charge is 0.114 e. The number of aryl methyl sites for hydroxylation is 1. The van der Waals surface area contributed by atoms with Crippen molar-refractivity contribution in [3.63, 3.8) is 0 Å². The molecule has 2 heteroatoms. The van der Waals surface area contributed by atoms with Crippen LogP contribution in [0.5, 0.6) is 0 Å². The standard InChI is InChI=1S/C26H22N2/c1-19-13-15-20(16-14-19)18-28-25-12-5-4-11-24(25)27-26(28)17-22-9-6-8-21-7-2-3-10-23(21)22/h2-16H,17-18H2,1H3. The quantitative estimate of drug-likeness (QED) is 0.376. The summed E-state index contributed by atoms with van der Waals surface area (Å²) in [6.07, 6.45) is 0.821. The monoisotopic (exact) mass is 362 g/mol. The van der Waals surface area contributed by atoms with Gasteiger partial charge in [0.1, 0.15) is 5.82 Å². The topological polar surface area (TPSA) is 17.8 Å². The molecule has 5 aromatic rings. The first-order valence-corrected chi connectivity index (χ1v) is 9.74. The maximum absolute atomic E-state index is 4.99. The number of imidazole rings is 1. The van der Waals surface area contributed by atoms with Gasteiger partial charge in [0.15, 0.2) is 0 Å². The molecule has 0 spiro atoms. The maximum Gasteiger partial charge on any atom is 0.114 e. The van der Waals surface area contributed by atoms with Crippen LogP contribution in [0.1, 0.15) is 22.5 Å². The summed E-state index contributed by atoms with van der Waals surface area (Å²) in [6, 6.07) is 32.3. The first-order chi connectivity index (χ1) is 13.8. The van der Waals surface area contributed by atoms with Crippen molar-refractivity contribution in [1.82, 2.24) is 9.55 Å². The molecule has 1 heterocycles. The molecule has 0 N–H and O–H groups in total. The molecule has 0 saturated carbocycles. The lowest BCUT2D eigenvalue weighted by molar-refractivity contribution is 0.763. The molecule has 0 aliphatic carbocycles. The average molecular weight is 362 g/mol. The number of nitrogens with zero attached hydrogens (tertiary/aromatic N) is 2. The van der Waals surface area contributed by atoms with Gasteiger partial charge in [0.2, 0.25) is 0 Å². The number of fused-ring (bicyclic) bond motifs is 2. The fraction of sp³-hybridized carbons (Fsp3) is 0.115. The van der Waals surface area contributed by atoms with Crippen LogP contribution >= 0.6 is 0 Å². The van der Waals surface area contributed by atoms with E-state index < -0.39 is 0 Å². The molecule has 1 aromatic heterocycles. The van der Waals surface area contributed by atoms with E-state index >= 15 is 0 Å². The second-order valence-corrected chi connectivity index (χ2v) is 7.40. The average Bonchev–Trinajstić information content (AvgIpc) is 3.07. The molecule has 5 rings (SSSR count). The molecule has 0 bridgehead atoms. The van der Waals surface area contributed by atoms with Crippen LogP contribution in [0.25, 0.3) is 21.8 Å². The van der Waals surface area contributed by atoms with Gasteiger partial charge in [-0.05, 0) is 41.0 Å². The van der Waals surface area contributed by atoms with Gasteiger partial charge in [0.25, 0.3) is 0 Å². The maximum atomic E-state index is 4.99. The molecular formula is C26H22N2. The zero-order valence-electron chi connectivity index (χ0n) is 16.0. The highest BCUT2D eigenvalue weighted by Gasteiger charge is 2.13. The lowest BCUT2D eigenvalue weighted by Crippen LogP contribution is -2.06. The van der Waals surface area contributed by atoms with Gasteiger partial charge in [0, 0.05) is 13.0 Å². The summed E-state index contributed by atoms with van der Waals surface area (Å²) in [6.45, 7) is 2.96. The number of hydrogen-bond acceptors (Lipinski definition) is 1. The summed E-state index contributed by atoms with van der Waals surface area (Å²) >= 11 is 0. The first kappa shape index (κ1) is 16.8. The van der Waals surface area contributed by atoms with Crippen LogP contribution in [0.4, 0.5) is 0 Å². The van der Waals surface area contributed by atoms with Crippen LogP contribution in [0.2, 0.25) is 0 Å². The molecule has 0 aliphatic rings. The Morgan fingerprint density at radius 2 is 1.50 bits per heavy atom. The Labute approximate surface area is 165 Å². The van der Waals surface area contributed by atoms with Crippen molar-refractivity contribution in [3.8, 4) is 0 Å². The number of benzene rings is 4. The first-order valence-electron chi connectivity index (χ1n) is 9.74. The Bertz CT molecular complexity index is 1260. The Kier molecular flexibility index (Phi) is 4.17. The molecule has 0 radical (unpaired) electrons. The molecule has 0 amide bonds. The molecule has 28 heavy (non-hydrogen) atoms. The third-order valence-corrected chi connectivity index (χ3v) is 5.42. The summed E-state index contributed by atoms with van der Waals surface area (Å²) < 4.78 is 2.36. The summed E-state index contributed by atoms with van der Waals surface area (Å²) in [5.74, 6) is 1.11. The molecule has 2 nitrogen and oxygen atoms in total.